The molecule has 0 bridgehead atoms. The molecule has 0 spiro atoms. The number of hydrogen-bond acceptors (Lipinski definition) is 5. The van der Waals surface area contributed by atoms with E-state index in [9.17, 15) is 14.4 Å². The lowest BCUT2D eigenvalue weighted by atomic mass is 9.98. The summed E-state index contributed by atoms with van der Waals surface area (Å²) in [6, 6.07) is 18.6. The van der Waals surface area contributed by atoms with Crippen molar-refractivity contribution in [3.05, 3.63) is 83.3 Å². The second-order valence-electron chi connectivity index (χ2n) is 8.87. The summed E-state index contributed by atoms with van der Waals surface area (Å²) >= 11 is 0. The minimum atomic E-state index is -1.17. The molecule has 35 heavy (non-hydrogen) atoms. The predicted octanol–water partition coefficient (Wildman–Crippen LogP) is 4.55. The van der Waals surface area contributed by atoms with E-state index in [-0.39, 0.29) is 43.1 Å². The van der Waals surface area contributed by atoms with Crippen molar-refractivity contribution in [2.45, 2.75) is 38.8 Å². The van der Waals surface area contributed by atoms with E-state index in [1.165, 1.54) is 12.1 Å². The number of rotatable bonds is 9. The molecule has 0 unspecified atom stereocenters. The summed E-state index contributed by atoms with van der Waals surface area (Å²) in [5, 5.41) is 14.4. The number of furan rings is 1. The maximum atomic E-state index is 12.6. The number of carbonyl (C=O) groups excluding carboxylic acids is 2. The predicted molar refractivity (Wildman–Crippen MR) is 129 cm³/mol. The fourth-order valence-electron chi connectivity index (χ4n) is 4.29. The molecule has 0 aliphatic heterocycles. The third kappa shape index (κ3) is 5.54. The molecular weight excluding hydrogens is 448 g/mol. The minimum Gasteiger partial charge on any atom is -0.475 e. The van der Waals surface area contributed by atoms with E-state index in [1.807, 2.05) is 38.1 Å². The zero-order valence-electron chi connectivity index (χ0n) is 19.6. The number of alkyl carbamates (subject to hydrolysis) is 1. The number of carbonyl (C=O) groups is 3. The highest BCUT2D eigenvalue weighted by atomic mass is 16.5. The maximum absolute atomic E-state index is 12.6. The Morgan fingerprint density at radius 1 is 0.971 bits per heavy atom. The van der Waals surface area contributed by atoms with Crippen LogP contribution in [-0.4, -0.2) is 35.7 Å². The van der Waals surface area contributed by atoms with Gasteiger partial charge in [-0.1, -0.05) is 62.4 Å². The van der Waals surface area contributed by atoms with Crippen molar-refractivity contribution in [1.29, 1.82) is 0 Å². The van der Waals surface area contributed by atoms with Crippen LogP contribution in [0.25, 0.3) is 11.1 Å². The molecule has 8 nitrogen and oxygen atoms in total. The highest BCUT2D eigenvalue weighted by Gasteiger charge is 2.29. The summed E-state index contributed by atoms with van der Waals surface area (Å²) in [4.78, 5) is 36.0. The first-order chi connectivity index (χ1) is 16.8. The number of carboxylic acids is 1. The molecule has 0 fully saturated rings. The van der Waals surface area contributed by atoms with Gasteiger partial charge in [0.2, 0.25) is 11.7 Å². The van der Waals surface area contributed by atoms with E-state index < -0.39 is 18.1 Å². The molecule has 2 amide bonds. The van der Waals surface area contributed by atoms with Gasteiger partial charge in [-0.3, -0.25) is 4.79 Å². The third-order valence-electron chi connectivity index (χ3n) is 6.19. The van der Waals surface area contributed by atoms with Gasteiger partial charge in [-0.05, 0) is 40.3 Å². The zero-order valence-corrected chi connectivity index (χ0v) is 19.6. The van der Waals surface area contributed by atoms with Crippen LogP contribution >= 0.6 is 0 Å². The van der Waals surface area contributed by atoms with Crippen LogP contribution in [0.15, 0.2) is 65.1 Å². The lowest BCUT2D eigenvalue weighted by molar-refractivity contribution is -0.122. The highest BCUT2D eigenvalue weighted by molar-refractivity contribution is 5.84. The van der Waals surface area contributed by atoms with Crippen molar-refractivity contribution < 1.29 is 28.6 Å². The number of carboxylic acid groups (broad SMARTS) is 1. The van der Waals surface area contributed by atoms with Crippen LogP contribution in [0.3, 0.4) is 0 Å². The van der Waals surface area contributed by atoms with Crippen LogP contribution in [0, 0.1) is 5.92 Å². The van der Waals surface area contributed by atoms with Crippen LogP contribution < -0.4 is 10.6 Å². The van der Waals surface area contributed by atoms with E-state index >= 15 is 0 Å². The van der Waals surface area contributed by atoms with Gasteiger partial charge >= 0.3 is 12.1 Å². The van der Waals surface area contributed by atoms with Gasteiger partial charge < -0.3 is 24.9 Å². The Balaban J connectivity index is 1.31. The topological polar surface area (TPSA) is 118 Å². The van der Waals surface area contributed by atoms with E-state index in [0.29, 0.717) is 5.76 Å². The van der Waals surface area contributed by atoms with Gasteiger partial charge in [-0.15, -0.1) is 0 Å². The zero-order chi connectivity index (χ0) is 24.9. The fourth-order valence-corrected chi connectivity index (χ4v) is 4.29. The summed E-state index contributed by atoms with van der Waals surface area (Å²) in [5.41, 5.74) is 4.57. The Hall–Kier alpha value is -4.07. The molecular formula is C27H28N2O6. The Morgan fingerprint density at radius 2 is 1.60 bits per heavy atom. The van der Waals surface area contributed by atoms with Crippen molar-refractivity contribution in [2.24, 2.45) is 5.92 Å². The van der Waals surface area contributed by atoms with Gasteiger partial charge in [-0.25, -0.2) is 9.59 Å². The van der Waals surface area contributed by atoms with Crippen molar-refractivity contribution in [3.63, 3.8) is 0 Å². The SMILES string of the molecule is CC(C)[C@H](CC(=O)NCc1ccc(C(=O)O)o1)NC(=O)OCC1c2ccccc2-c2ccccc21. The Labute approximate surface area is 203 Å². The smallest absolute Gasteiger partial charge is 0.407 e. The molecule has 3 aromatic rings. The molecule has 2 aromatic carbocycles. The van der Waals surface area contributed by atoms with E-state index in [1.54, 1.807) is 0 Å². The molecule has 1 atom stereocenters. The van der Waals surface area contributed by atoms with Crippen LogP contribution in [0.5, 0.6) is 0 Å². The number of hydrogen-bond donors (Lipinski definition) is 3. The summed E-state index contributed by atoms with van der Waals surface area (Å²) in [5.74, 6) is -1.38. The molecule has 8 heteroatoms. The number of fused-ring (bicyclic) bond motifs is 3. The summed E-state index contributed by atoms with van der Waals surface area (Å²) in [7, 11) is 0. The molecule has 0 saturated carbocycles. The molecule has 1 aromatic heterocycles. The fraction of sp³-hybridized carbons (Fsp3) is 0.296. The number of nitrogens with one attached hydrogen (secondary N) is 2. The number of amides is 2. The quantitative estimate of drug-likeness (QED) is 0.417. The average molecular weight is 477 g/mol. The van der Waals surface area contributed by atoms with E-state index in [4.69, 9.17) is 14.3 Å². The minimum absolute atomic E-state index is 0.0107. The lowest BCUT2D eigenvalue weighted by Crippen LogP contribution is -2.42. The Morgan fingerprint density at radius 3 is 2.17 bits per heavy atom. The summed E-state index contributed by atoms with van der Waals surface area (Å²) in [6.45, 7) is 4.07. The van der Waals surface area contributed by atoms with Crippen LogP contribution in [-0.2, 0) is 16.1 Å². The molecule has 0 saturated heterocycles. The first-order valence-corrected chi connectivity index (χ1v) is 11.5. The largest absolute Gasteiger partial charge is 0.475 e. The first-order valence-electron chi connectivity index (χ1n) is 11.5. The first kappa shape index (κ1) is 24.1. The van der Waals surface area contributed by atoms with E-state index in [2.05, 4.69) is 34.9 Å². The van der Waals surface area contributed by atoms with Gasteiger partial charge in [0.25, 0.3) is 0 Å². The van der Waals surface area contributed by atoms with Crippen molar-refractivity contribution in [3.8, 4) is 11.1 Å². The molecule has 1 heterocycles. The second-order valence-corrected chi connectivity index (χ2v) is 8.87. The normalized spacial score (nSPS) is 13.1. The molecule has 4 rings (SSSR count). The Bertz CT molecular complexity index is 1190. The molecule has 1 aliphatic rings. The monoisotopic (exact) mass is 476 g/mol. The molecule has 1 aliphatic carbocycles. The number of benzene rings is 2. The summed E-state index contributed by atoms with van der Waals surface area (Å²) < 4.78 is 10.7. The summed E-state index contributed by atoms with van der Waals surface area (Å²) in [6.07, 6.45) is -0.524. The molecule has 3 N–H and O–H groups in total. The van der Waals surface area contributed by atoms with Crippen molar-refractivity contribution >= 4 is 18.0 Å². The van der Waals surface area contributed by atoms with Crippen LogP contribution in [0.2, 0.25) is 0 Å². The second kappa shape index (κ2) is 10.5. The van der Waals surface area contributed by atoms with Crippen LogP contribution in [0.1, 0.15) is 53.6 Å². The standard InChI is InChI=1S/C27H28N2O6/c1-16(2)23(13-25(30)28-14-17-11-12-24(35-17)26(31)32)29-27(33)34-15-22-20-9-5-3-7-18(20)19-8-4-6-10-21(19)22/h3-12,16,22-23H,13-15H2,1-2H3,(H,28,30)(H,29,33)(H,31,32)/t23-/m0/s1. The van der Waals surface area contributed by atoms with Crippen molar-refractivity contribution in [2.75, 3.05) is 6.61 Å². The number of aromatic carboxylic acids is 1. The van der Waals surface area contributed by atoms with Gasteiger partial charge in [0.05, 0.1) is 6.54 Å². The lowest BCUT2D eigenvalue weighted by Gasteiger charge is -2.22. The molecule has 182 valence electrons. The van der Waals surface area contributed by atoms with Crippen LogP contribution in [0.4, 0.5) is 4.79 Å². The Kier molecular flexibility index (Phi) is 7.19. The number of ether oxygens (including phenoxy) is 1. The highest BCUT2D eigenvalue weighted by Crippen LogP contribution is 2.44. The van der Waals surface area contributed by atoms with Gasteiger partial charge in [0.15, 0.2) is 0 Å². The van der Waals surface area contributed by atoms with Gasteiger partial charge in [0.1, 0.15) is 12.4 Å². The third-order valence-corrected chi connectivity index (χ3v) is 6.19. The van der Waals surface area contributed by atoms with E-state index in [0.717, 1.165) is 22.3 Å². The van der Waals surface area contributed by atoms with Gasteiger partial charge in [0, 0.05) is 18.4 Å². The molecule has 0 radical (unpaired) electrons. The van der Waals surface area contributed by atoms with Gasteiger partial charge in [-0.2, -0.15) is 0 Å². The van der Waals surface area contributed by atoms with Crippen molar-refractivity contribution in [1.82, 2.24) is 10.6 Å². The average Bonchev–Trinajstić information content (AvgIpc) is 3.44. The maximum Gasteiger partial charge on any atom is 0.407 e.